The molecule has 1 aromatic heterocycles. The van der Waals surface area contributed by atoms with Crippen LogP contribution in [-0.4, -0.2) is 16.3 Å². The maximum atomic E-state index is 6.08. The van der Waals surface area contributed by atoms with Crippen molar-refractivity contribution in [2.75, 3.05) is 12.3 Å². The number of benzene rings is 1. The summed E-state index contributed by atoms with van der Waals surface area (Å²) in [5.74, 6) is 0.754. The average Bonchev–Trinajstić information content (AvgIpc) is 2.71. The molecule has 0 amide bonds. The van der Waals surface area contributed by atoms with Crippen molar-refractivity contribution < 1.29 is 0 Å². The highest BCUT2D eigenvalue weighted by Gasteiger charge is 2.07. The first-order valence-electron chi connectivity index (χ1n) is 6.26. The van der Waals surface area contributed by atoms with E-state index in [-0.39, 0.29) is 0 Å². The van der Waals surface area contributed by atoms with E-state index in [4.69, 9.17) is 11.5 Å². The predicted molar refractivity (Wildman–Crippen MR) is 74.3 cm³/mol. The molecule has 0 bridgehead atoms. The molecule has 0 atom stereocenters. The van der Waals surface area contributed by atoms with Crippen LogP contribution in [-0.2, 0) is 13.0 Å². The lowest BCUT2D eigenvalue weighted by Crippen LogP contribution is -2.07. The quantitative estimate of drug-likeness (QED) is 0.841. The number of hydrogen-bond acceptors (Lipinski definition) is 3. The van der Waals surface area contributed by atoms with Crippen molar-refractivity contribution in [3.05, 3.63) is 47.2 Å². The van der Waals surface area contributed by atoms with Crippen molar-refractivity contribution >= 4 is 5.82 Å². The summed E-state index contributed by atoms with van der Waals surface area (Å²) in [5.41, 5.74) is 15.1. The largest absolute Gasteiger partial charge is 0.384 e. The van der Waals surface area contributed by atoms with Crippen LogP contribution in [0.2, 0.25) is 0 Å². The molecule has 0 aliphatic heterocycles. The molecule has 0 saturated carbocycles. The van der Waals surface area contributed by atoms with Crippen molar-refractivity contribution in [3.63, 3.8) is 0 Å². The second kappa shape index (κ2) is 5.69. The zero-order valence-corrected chi connectivity index (χ0v) is 10.8. The smallest absolute Gasteiger partial charge is 0.125 e. The number of nitrogens with two attached hydrogens (primary N) is 2. The fraction of sp³-hybridized carbons (Fsp3) is 0.357. The van der Waals surface area contributed by atoms with Crippen LogP contribution in [0.4, 0.5) is 5.82 Å². The van der Waals surface area contributed by atoms with Crippen LogP contribution in [0.3, 0.4) is 0 Å². The maximum absolute atomic E-state index is 6.08. The molecule has 0 aliphatic carbocycles. The van der Waals surface area contributed by atoms with Crippen LogP contribution in [0.25, 0.3) is 0 Å². The Balaban J connectivity index is 2.09. The van der Waals surface area contributed by atoms with Gasteiger partial charge in [0.25, 0.3) is 0 Å². The van der Waals surface area contributed by atoms with Gasteiger partial charge in [0.1, 0.15) is 5.82 Å². The number of aromatic nitrogens is 2. The van der Waals surface area contributed by atoms with E-state index in [0.29, 0.717) is 6.54 Å². The van der Waals surface area contributed by atoms with Crippen molar-refractivity contribution in [1.82, 2.24) is 9.78 Å². The number of hydrogen-bond donors (Lipinski definition) is 2. The summed E-state index contributed by atoms with van der Waals surface area (Å²) in [5, 5.41) is 4.34. The third-order valence-electron chi connectivity index (χ3n) is 3.06. The first-order chi connectivity index (χ1) is 8.70. The van der Waals surface area contributed by atoms with Gasteiger partial charge in [0, 0.05) is 5.56 Å². The monoisotopic (exact) mass is 244 g/mol. The molecular formula is C14H20N4. The lowest BCUT2D eigenvalue weighted by molar-refractivity contribution is 0.696. The van der Waals surface area contributed by atoms with E-state index < -0.39 is 0 Å². The van der Waals surface area contributed by atoms with Crippen LogP contribution in [0, 0.1) is 6.92 Å². The summed E-state index contributed by atoms with van der Waals surface area (Å²) in [4.78, 5) is 0. The molecule has 4 N–H and O–H groups in total. The van der Waals surface area contributed by atoms with E-state index in [9.17, 15) is 0 Å². The van der Waals surface area contributed by atoms with Gasteiger partial charge < -0.3 is 11.5 Å². The molecule has 0 saturated heterocycles. The highest BCUT2D eigenvalue weighted by atomic mass is 15.3. The van der Waals surface area contributed by atoms with Gasteiger partial charge in [0.2, 0.25) is 0 Å². The first kappa shape index (κ1) is 12.6. The van der Waals surface area contributed by atoms with Gasteiger partial charge in [-0.2, -0.15) is 5.10 Å². The Morgan fingerprint density at radius 1 is 1.22 bits per heavy atom. The van der Waals surface area contributed by atoms with Gasteiger partial charge in [-0.25, -0.2) is 4.68 Å². The topological polar surface area (TPSA) is 69.9 Å². The fourth-order valence-electron chi connectivity index (χ4n) is 1.91. The van der Waals surface area contributed by atoms with Gasteiger partial charge in [0.05, 0.1) is 12.7 Å². The van der Waals surface area contributed by atoms with E-state index in [1.807, 2.05) is 10.9 Å². The zero-order chi connectivity index (χ0) is 13.0. The van der Waals surface area contributed by atoms with Crippen LogP contribution >= 0.6 is 0 Å². The van der Waals surface area contributed by atoms with Crippen molar-refractivity contribution in [2.45, 2.75) is 26.3 Å². The van der Waals surface area contributed by atoms with Crippen LogP contribution in [0.5, 0.6) is 0 Å². The molecule has 96 valence electrons. The Bertz CT molecular complexity index is 499. The summed E-state index contributed by atoms with van der Waals surface area (Å²) in [6, 6.07) is 8.42. The van der Waals surface area contributed by atoms with Gasteiger partial charge in [-0.3, -0.25) is 0 Å². The molecule has 0 aliphatic rings. The lowest BCUT2D eigenvalue weighted by Gasteiger charge is -2.06. The Kier molecular flexibility index (Phi) is 3.99. The molecule has 2 aromatic rings. The molecule has 0 fully saturated rings. The highest BCUT2D eigenvalue weighted by Crippen LogP contribution is 2.15. The average molecular weight is 244 g/mol. The second-order valence-corrected chi connectivity index (χ2v) is 4.59. The highest BCUT2D eigenvalue weighted by molar-refractivity contribution is 5.39. The van der Waals surface area contributed by atoms with Crippen LogP contribution in [0.15, 0.2) is 30.5 Å². The summed E-state index contributed by atoms with van der Waals surface area (Å²) in [7, 11) is 0. The third-order valence-corrected chi connectivity index (χ3v) is 3.06. The molecule has 4 nitrogen and oxygen atoms in total. The molecule has 2 rings (SSSR count). The van der Waals surface area contributed by atoms with Gasteiger partial charge in [-0.15, -0.1) is 0 Å². The van der Waals surface area contributed by atoms with Gasteiger partial charge in [0.15, 0.2) is 0 Å². The summed E-state index contributed by atoms with van der Waals surface area (Å²) < 4.78 is 1.84. The second-order valence-electron chi connectivity index (χ2n) is 4.59. The van der Waals surface area contributed by atoms with E-state index in [2.05, 4.69) is 36.3 Å². The Labute approximate surface area is 108 Å². The first-order valence-corrected chi connectivity index (χ1v) is 6.26. The van der Waals surface area contributed by atoms with Crippen molar-refractivity contribution in [3.8, 4) is 0 Å². The van der Waals surface area contributed by atoms with E-state index in [1.165, 1.54) is 11.1 Å². The molecular weight excluding hydrogens is 224 g/mol. The summed E-state index contributed by atoms with van der Waals surface area (Å²) >= 11 is 0. The fourth-order valence-corrected chi connectivity index (χ4v) is 1.91. The van der Waals surface area contributed by atoms with Gasteiger partial charge in [-0.05, 0) is 31.9 Å². The third kappa shape index (κ3) is 2.90. The van der Waals surface area contributed by atoms with Crippen LogP contribution in [0.1, 0.15) is 23.1 Å². The molecule has 1 heterocycles. The Hall–Kier alpha value is -1.81. The van der Waals surface area contributed by atoms with E-state index in [0.717, 1.165) is 30.8 Å². The minimum absolute atomic E-state index is 0.683. The molecule has 18 heavy (non-hydrogen) atoms. The van der Waals surface area contributed by atoms with E-state index in [1.54, 1.807) is 0 Å². The zero-order valence-electron chi connectivity index (χ0n) is 10.8. The molecule has 4 heteroatoms. The minimum atomic E-state index is 0.683. The summed E-state index contributed by atoms with van der Waals surface area (Å²) in [6.45, 7) is 3.48. The lowest BCUT2D eigenvalue weighted by atomic mass is 10.1. The van der Waals surface area contributed by atoms with Gasteiger partial charge in [-0.1, -0.05) is 29.8 Å². The predicted octanol–water partition coefficient (Wildman–Crippen LogP) is 1.71. The number of anilines is 1. The Morgan fingerprint density at radius 3 is 2.61 bits per heavy atom. The molecule has 1 aromatic carbocycles. The number of rotatable bonds is 5. The molecule has 0 radical (unpaired) electrons. The van der Waals surface area contributed by atoms with E-state index >= 15 is 0 Å². The maximum Gasteiger partial charge on any atom is 0.125 e. The Morgan fingerprint density at radius 2 is 1.94 bits per heavy atom. The van der Waals surface area contributed by atoms with Crippen LogP contribution < -0.4 is 11.5 Å². The van der Waals surface area contributed by atoms with Gasteiger partial charge >= 0.3 is 0 Å². The number of aryl methyl sites for hydroxylation is 2. The molecule has 0 unspecified atom stereocenters. The number of nitrogens with zero attached hydrogens (tertiary/aromatic N) is 2. The summed E-state index contributed by atoms with van der Waals surface area (Å²) in [6.07, 6.45) is 3.69. The molecule has 0 spiro atoms. The normalized spacial score (nSPS) is 10.8. The van der Waals surface area contributed by atoms with Crippen molar-refractivity contribution in [1.29, 1.82) is 0 Å². The standard InChI is InChI=1S/C14H20N4/c1-11-4-6-12(7-5-11)10-18-14(16)13(9-17-18)3-2-8-15/h4-7,9H,2-3,8,10,15-16H2,1H3. The number of nitrogen functional groups attached to an aromatic ring is 1. The van der Waals surface area contributed by atoms with Crippen molar-refractivity contribution in [2.24, 2.45) is 5.73 Å². The SMILES string of the molecule is Cc1ccc(Cn2ncc(CCCN)c2N)cc1. The minimum Gasteiger partial charge on any atom is -0.384 e.